The second-order valence-electron chi connectivity index (χ2n) is 12.3. The van der Waals surface area contributed by atoms with E-state index in [1.54, 1.807) is 42.5 Å². The van der Waals surface area contributed by atoms with Gasteiger partial charge in [0.05, 0.1) is 20.6 Å². The Kier molecular flexibility index (Phi) is 11.2. The number of amides is 2. The summed E-state index contributed by atoms with van der Waals surface area (Å²) in [6, 6.07) is 26.8. The van der Waals surface area contributed by atoms with Crippen LogP contribution in [0.4, 0.5) is 5.69 Å². The van der Waals surface area contributed by atoms with Gasteiger partial charge in [0.25, 0.3) is 10.0 Å². The van der Waals surface area contributed by atoms with Crippen LogP contribution < -0.4 is 9.62 Å². The Labute approximate surface area is 282 Å². The molecule has 0 bridgehead atoms. The molecule has 0 radical (unpaired) electrons. The van der Waals surface area contributed by atoms with Crippen molar-refractivity contribution in [2.75, 3.05) is 10.8 Å². The molecule has 4 aromatic rings. The summed E-state index contributed by atoms with van der Waals surface area (Å²) in [7, 11) is -4.19. The van der Waals surface area contributed by atoms with Crippen LogP contribution in [0.1, 0.15) is 43.0 Å². The molecule has 1 N–H and O–H groups in total. The second kappa shape index (κ2) is 14.7. The maximum Gasteiger partial charge on any atom is 0.264 e. The number of nitrogens with zero attached hydrogens (tertiary/aromatic N) is 2. The molecule has 0 aromatic heterocycles. The highest BCUT2D eigenvalue weighted by molar-refractivity contribution is 7.92. The topological polar surface area (TPSA) is 86.8 Å². The van der Waals surface area contributed by atoms with Gasteiger partial charge in [0.15, 0.2) is 0 Å². The molecule has 10 heteroatoms. The van der Waals surface area contributed by atoms with Crippen molar-refractivity contribution < 1.29 is 18.0 Å². The van der Waals surface area contributed by atoms with E-state index in [0.29, 0.717) is 26.9 Å². The number of sulfonamides is 1. The normalized spacial score (nSPS) is 12.3. The lowest BCUT2D eigenvalue weighted by Gasteiger charge is -2.35. The first-order valence-electron chi connectivity index (χ1n) is 14.9. The lowest BCUT2D eigenvalue weighted by Crippen LogP contribution is -2.56. The van der Waals surface area contributed by atoms with Gasteiger partial charge in [-0.2, -0.15) is 0 Å². The van der Waals surface area contributed by atoms with Gasteiger partial charge >= 0.3 is 0 Å². The van der Waals surface area contributed by atoms with Crippen LogP contribution in [0.5, 0.6) is 0 Å². The number of benzene rings is 4. The van der Waals surface area contributed by atoms with Gasteiger partial charge in [0.2, 0.25) is 11.8 Å². The van der Waals surface area contributed by atoms with Crippen LogP contribution in [-0.2, 0) is 32.6 Å². The van der Waals surface area contributed by atoms with Crippen LogP contribution in [-0.4, -0.2) is 43.3 Å². The lowest BCUT2D eigenvalue weighted by molar-refractivity contribution is -0.140. The number of carbonyl (C=O) groups excluding carboxylic acids is 2. The zero-order valence-corrected chi connectivity index (χ0v) is 29.0. The molecule has 1 atom stereocenters. The van der Waals surface area contributed by atoms with E-state index in [-0.39, 0.29) is 23.8 Å². The van der Waals surface area contributed by atoms with Crippen molar-refractivity contribution in [1.82, 2.24) is 10.2 Å². The zero-order chi connectivity index (χ0) is 33.6. The van der Waals surface area contributed by atoms with E-state index in [4.69, 9.17) is 23.2 Å². The lowest BCUT2D eigenvalue weighted by atomic mass is 10.0. The summed E-state index contributed by atoms with van der Waals surface area (Å²) in [5, 5.41) is 3.68. The minimum absolute atomic E-state index is 0.0170. The van der Waals surface area contributed by atoms with Gasteiger partial charge in [-0.05, 0) is 81.6 Å². The molecule has 0 aliphatic rings. The summed E-state index contributed by atoms with van der Waals surface area (Å²) in [6.07, 6.45) is 0.199. The number of halogens is 2. The van der Waals surface area contributed by atoms with E-state index in [1.807, 2.05) is 77.1 Å². The van der Waals surface area contributed by atoms with Crippen molar-refractivity contribution in [2.24, 2.45) is 0 Å². The summed E-state index contributed by atoms with van der Waals surface area (Å²) < 4.78 is 29.5. The molecule has 4 aromatic carbocycles. The third-order valence-corrected chi connectivity index (χ3v) is 9.85. The molecule has 0 spiro atoms. The molecule has 0 aliphatic carbocycles. The van der Waals surface area contributed by atoms with Gasteiger partial charge in [-0.1, -0.05) is 95.5 Å². The Morgan fingerprint density at radius 3 is 2.02 bits per heavy atom. The summed E-state index contributed by atoms with van der Waals surface area (Å²) in [6.45, 7) is 8.76. The number of hydrogen-bond acceptors (Lipinski definition) is 4. The third kappa shape index (κ3) is 8.90. The van der Waals surface area contributed by atoms with Gasteiger partial charge in [0, 0.05) is 18.5 Å². The summed E-state index contributed by atoms with van der Waals surface area (Å²) in [5.74, 6) is -0.927. The molecular formula is C36H39Cl2N3O4S. The first-order valence-corrected chi connectivity index (χ1v) is 17.1. The van der Waals surface area contributed by atoms with Crippen molar-refractivity contribution in [3.05, 3.63) is 129 Å². The molecule has 0 heterocycles. The van der Waals surface area contributed by atoms with Gasteiger partial charge < -0.3 is 10.2 Å². The van der Waals surface area contributed by atoms with Crippen LogP contribution in [0.2, 0.25) is 10.0 Å². The van der Waals surface area contributed by atoms with Gasteiger partial charge in [0.1, 0.15) is 12.6 Å². The highest BCUT2D eigenvalue weighted by Crippen LogP contribution is 2.29. The molecule has 4 rings (SSSR count). The Morgan fingerprint density at radius 2 is 1.43 bits per heavy atom. The van der Waals surface area contributed by atoms with E-state index in [9.17, 15) is 18.0 Å². The quantitative estimate of drug-likeness (QED) is 0.179. The van der Waals surface area contributed by atoms with Crippen molar-refractivity contribution in [3.63, 3.8) is 0 Å². The summed E-state index contributed by atoms with van der Waals surface area (Å²) >= 11 is 12.5. The third-order valence-electron chi connectivity index (χ3n) is 7.34. The van der Waals surface area contributed by atoms with Crippen molar-refractivity contribution in [2.45, 2.75) is 64.1 Å². The molecule has 46 heavy (non-hydrogen) atoms. The predicted molar refractivity (Wildman–Crippen MR) is 186 cm³/mol. The van der Waals surface area contributed by atoms with Crippen LogP contribution in [0.15, 0.2) is 102 Å². The van der Waals surface area contributed by atoms with Crippen molar-refractivity contribution in [1.29, 1.82) is 0 Å². The predicted octanol–water partition coefficient (Wildman–Crippen LogP) is 7.36. The molecule has 0 saturated carbocycles. The van der Waals surface area contributed by atoms with E-state index < -0.39 is 34.1 Å². The van der Waals surface area contributed by atoms with E-state index in [1.165, 1.54) is 17.0 Å². The molecular weight excluding hydrogens is 641 g/mol. The number of nitrogens with one attached hydrogen (secondary N) is 1. The van der Waals surface area contributed by atoms with Crippen molar-refractivity contribution >= 4 is 50.7 Å². The Morgan fingerprint density at radius 1 is 0.804 bits per heavy atom. The minimum atomic E-state index is -4.19. The number of hydrogen-bond donors (Lipinski definition) is 1. The Bertz CT molecular complexity index is 1790. The Hall–Kier alpha value is -3.85. The number of rotatable bonds is 11. The standard InChI is InChI=1S/C36H39Cl2N3O4S/c1-25-16-19-32(26(2)20-25)41(46(44,45)29-14-10-7-11-15-29)24-34(42)40(23-28-17-18-30(37)31(38)21-28)33(35(43)39-36(3,4)5)22-27-12-8-6-9-13-27/h6-21,33H,22-24H2,1-5H3,(H,39,43)/t33-/m0/s1. The average Bonchev–Trinajstić information content (AvgIpc) is 2.99. The molecule has 7 nitrogen and oxygen atoms in total. The summed E-state index contributed by atoms with van der Waals surface area (Å²) in [4.78, 5) is 30.1. The fourth-order valence-corrected chi connectivity index (χ4v) is 6.98. The smallest absolute Gasteiger partial charge is 0.264 e. The number of anilines is 1. The maximum absolute atomic E-state index is 14.6. The molecule has 0 fully saturated rings. The first kappa shape index (κ1) is 35.0. The van der Waals surface area contributed by atoms with E-state index in [2.05, 4.69) is 5.32 Å². The Balaban J connectivity index is 1.85. The number of aryl methyl sites for hydroxylation is 2. The fraction of sp³-hybridized carbons (Fsp3) is 0.278. The molecule has 0 aliphatic heterocycles. The molecule has 2 amide bonds. The molecule has 242 valence electrons. The average molecular weight is 681 g/mol. The van der Waals surface area contributed by atoms with E-state index in [0.717, 1.165) is 15.4 Å². The SMILES string of the molecule is Cc1ccc(N(CC(=O)N(Cc2ccc(Cl)c(Cl)c2)[C@@H](Cc2ccccc2)C(=O)NC(C)(C)C)S(=O)(=O)c2ccccc2)c(C)c1. The van der Waals surface area contributed by atoms with Gasteiger partial charge in [-0.25, -0.2) is 8.42 Å². The van der Waals surface area contributed by atoms with Crippen molar-refractivity contribution in [3.8, 4) is 0 Å². The summed E-state index contributed by atoms with van der Waals surface area (Å²) in [5.41, 5.74) is 2.89. The van der Waals surface area contributed by atoms with Gasteiger partial charge in [-0.15, -0.1) is 0 Å². The first-order chi connectivity index (χ1) is 21.7. The van der Waals surface area contributed by atoms with Crippen LogP contribution >= 0.6 is 23.2 Å². The highest BCUT2D eigenvalue weighted by Gasteiger charge is 2.36. The van der Waals surface area contributed by atoms with E-state index >= 15 is 0 Å². The monoisotopic (exact) mass is 679 g/mol. The minimum Gasteiger partial charge on any atom is -0.350 e. The molecule has 0 unspecified atom stereocenters. The maximum atomic E-state index is 14.6. The highest BCUT2D eigenvalue weighted by atomic mass is 35.5. The molecule has 0 saturated heterocycles. The fourth-order valence-electron chi connectivity index (χ4n) is 5.16. The largest absolute Gasteiger partial charge is 0.350 e. The zero-order valence-electron chi connectivity index (χ0n) is 26.6. The second-order valence-corrected chi connectivity index (χ2v) is 15.0. The van der Waals surface area contributed by atoms with Crippen LogP contribution in [0, 0.1) is 13.8 Å². The van der Waals surface area contributed by atoms with Gasteiger partial charge in [-0.3, -0.25) is 13.9 Å². The number of carbonyl (C=O) groups is 2. The van der Waals surface area contributed by atoms with Crippen LogP contribution in [0.3, 0.4) is 0 Å². The van der Waals surface area contributed by atoms with Crippen LogP contribution in [0.25, 0.3) is 0 Å².